The Balaban J connectivity index is 1.84. The molecule has 4 rings (SSSR count). The molecule has 0 aromatic heterocycles. The SMILES string of the molecule is COC(=O)C1=C(C)N(c2ccc(C)cc2)C(=O)/C1=C\c1cc2c(cc1Br)OCO2. The summed E-state index contributed by atoms with van der Waals surface area (Å²) in [6, 6.07) is 11.1. The number of benzene rings is 2. The molecule has 0 aliphatic carbocycles. The Morgan fingerprint density at radius 3 is 2.45 bits per heavy atom. The van der Waals surface area contributed by atoms with Crippen LogP contribution in [0.3, 0.4) is 0 Å². The van der Waals surface area contributed by atoms with Gasteiger partial charge in [-0.25, -0.2) is 4.79 Å². The molecule has 29 heavy (non-hydrogen) atoms. The highest BCUT2D eigenvalue weighted by atomic mass is 79.9. The molecule has 7 heteroatoms. The van der Waals surface area contributed by atoms with Gasteiger partial charge in [-0.1, -0.05) is 33.6 Å². The Labute approximate surface area is 176 Å². The quantitative estimate of drug-likeness (QED) is 0.507. The first-order valence-corrected chi connectivity index (χ1v) is 9.71. The molecule has 0 unspecified atom stereocenters. The van der Waals surface area contributed by atoms with Crippen LogP contribution in [0.15, 0.2) is 57.7 Å². The molecule has 2 aliphatic rings. The Kier molecular flexibility index (Phi) is 4.92. The second-order valence-electron chi connectivity index (χ2n) is 6.71. The molecule has 2 aromatic rings. The standard InChI is InChI=1S/C22H18BrNO5/c1-12-4-6-15(7-5-12)24-13(2)20(22(26)27-3)16(21(24)25)8-14-9-18-19(10-17(14)23)29-11-28-18/h4-10H,11H2,1-3H3/b16-8-. The molecular weight excluding hydrogens is 438 g/mol. The minimum Gasteiger partial charge on any atom is -0.465 e. The molecule has 1 amide bonds. The fraction of sp³-hybridized carbons (Fsp3) is 0.182. The number of esters is 1. The van der Waals surface area contributed by atoms with E-state index >= 15 is 0 Å². The van der Waals surface area contributed by atoms with Crippen LogP contribution in [0.5, 0.6) is 11.5 Å². The molecule has 0 spiro atoms. The van der Waals surface area contributed by atoms with E-state index in [1.807, 2.05) is 31.2 Å². The van der Waals surface area contributed by atoms with Gasteiger partial charge in [-0.15, -0.1) is 0 Å². The fourth-order valence-electron chi connectivity index (χ4n) is 3.38. The first kappa shape index (κ1) is 19.3. The number of allylic oxidation sites excluding steroid dienone is 1. The lowest BCUT2D eigenvalue weighted by molar-refractivity contribution is -0.136. The molecular formula is C22H18BrNO5. The van der Waals surface area contributed by atoms with Crippen molar-refractivity contribution in [1.29, 1.82) is 0 Å². The maximum Gasteiger partial charge on any atom is 0.340 e. The minimum atomic E-state index is -0.562. The molecule has 0 saturated heterocycles. The van der Waals surface area contributed by atoms with Crippen molar-refractivity contribution in [2.24, 2.45) is 0 Å². The van der Waals surface area contributed by atoms with Crippen molar-refractivity contribution in [1.82, 2.24) is 0 Å². The summed E-state index contributed by atoms with van der Waals surface area (Å²) in [5.41, 5.74) is 3.48. The number of carbonyl (C=O) groups excluding carboxylic acids is 2. The van der Waals surface area contributed by atoms with Crippen LogP contribution in [0.4, 0.5) is 5.69 Å². The van der Waals surface area contributed by atoms with Crippen LogP contribution in [0.25, 0.3) is 6.08 Å². The summed E-state index contributed by atoms with van der Waals surface area (Å²) in [5, 5.41) is 0. The van der Waals surface area contributed by atoms with Gasteiger partial charge in [0.15, 0.2) is 11.5 Å². The summed E-state index contributed by atoms with van der Waals surface area (Å²) in [7, 11) is 1.30. The number of amides is 1. The highest BCUT2D eigenvalue weighted by molar-refractivity contribution is 9.10. The maximum absolute atomic E-state index is 13.3. The van der Waals surface area contributed by atoms with Crippen molar-refractivity contribution in [2.75, 3.05) is 18.8 Å². The number of fused-ring (bicyclic) bond motifs is 1. The molecule has 0 atom stereocenters. The number of anilines is 1. The lowest BCUT2D eigenvalue weighted by atomic mass is 10.0. The topological polar surface area (TPSA) is 65.1 Å². The first-order chi connectivity index (χ1) is 13.9. The van der Waals surface area contributed by atoms with Gasteiger partial charge in [0.05, 0.1) is 18.3 Å². The average Bonchev–Trinajstić information content (AvgIpc) is 3.24. The van der Waals surface area contributed by atoms with E-state index in [1.165, 1.54) is 12.0 Å². The van der Waals surface area contributed by atoms with Crippen molar-refractivity contribution in [2.45, 2.75) is 13.8 Å². The predicted molar refractivity (Wildman–Crippen MR) is 112 cm³/mol. The molecule has 0 fully saturated rings. The number of nitrogens with zero attached hydrogens (tertiary/aromatic N) is 1. The van der Waals surface area contributed by atoms with Crippen LogP contribution < -0.4 is 14.4 Å². The number of methoxy groups -OCH3 is 1. The molecule has 0 saturated carbocycles. The third kappa shape index (κ3) is 3.31. The average molecular weight is 456 g/mol. The third-order valence-corrected chi connectivity index (χ3v) is 5.56. The van der Waals surface area contributed by atoms with Crippen molar-refractivity contribution in [3.8, 4) is 11.5 Å². The van der Waals surface area contributed by atoms with Gasteiger partial charge >= 0.3 is 5.97 Å². The van der Waals surface area contributed by atoms with Gasteiger partial charge < -0.3 is 14.2 Å². The summed E-state index contributed by atoms with van der Waals surface area (Å²) in [5.74, 6) is 0.351. The number of halogens is 1. The van der Waals surface area contributed by atoms with E-state index in [-0.39, 0.29) is 23.8 Å². The van der Waals surface area contributed by atoms with Crippen LogP contribution >= 0.6 is 15.9 Å². The maximum atomic E-state index is 13.3. The summed E-state index contributed by atoms with van der Waals surface area (Å²) in [6.45, 7) is 3.86. The highest BCUT2D eigenvalue weighted by Crippen LogP contribution is 2.40. The minimum absolute atomic E-state index is 0.147. The monoisotopic (exact) mass is 455 g/mol. The largest absolute Gasteiger partial charge is 0.465 e. The highest BCUT2D eigenvalue weighted by Gasteiger charge is 2.38. The molecule has 2 heterocycles. The van der Waals surface area contributed by atoms with Gasteiger partial charge in [0, 0.05) is 15.9 Å². The van der Waals surface area contributed by atoms with Crippen molar-refractivity contribution < 1.29 is 23.8 Å². The smallest absolute Gasteiger partial charge is 0.340 e. The van der Waals surface area contributed by atoms with Crippen LogP contribution in [-0.4, -0.2) is 25.8 Å². The number of rotatable bonds is 3. The normalized spacial score (nSPS) is 16.8. The van der Waals surface area contributed by atoms with Gasteiger partial charge in [0.2, 0.25) is 6.79 Å². The number of ether oxygens (including phenoxy) is 3. The zero-order valence-corrected chi connectivity index (χ0v) is 17.7. The lowest BCUT2D eigenvalue weighted by Crippen LogP contribution is -2.24. The van der Waals surface area contributed by atoms with Crippen LogP contribution in [-0.2, 0) is 14.3 Å². The molecule has 0 radical (unpaired) electrons. The Bertz CT molecular complexity index is 1090. The Morgan fingerprint density at radius 2 is 1.79 bits per heavy atom. The molecule has 0 bridgehead atoms. The summed E-state index contributed by atoms with van der Waals surface area (Å²) < 4.78 is 16.5. The zero-order chi connectivity index (χ0) is 20.7. The van der Waals surface area contributed by atoms with E-state index in [4.69, 9.17) is 14.2 Å². The van der Waals surface area contributed by atoms with E-state index in [9.17, 15) is 9.59 Å². The van der Waals surface area contributed by atoms with E-state index in [1.54, 1.807) is 25.1 Å². The third-order valence-electron chi connectivity index (χ3n) is 4.87. The van der Waals surface area contributed by atoms with Crippen LogP contribution in [0.2, 0.25) is 0 Å². The second kappa shape index (κ2) is 7.40. The first-order valence-electron chi connectivity index (χ1n) is 8.92. The number of aryl methyl sites for hydroxylation is 1. The molecule has 6 nitrogen and oxygen atoms in total. The van der Waals surface area contributed by atoms with E-state index < -0.39 is 5.97 Å². The van der Waals surface area contributed by atoms with E-state index in [0.29, 0.717) is 28.4 Å². The van der Waals surface area contributed by atoms with Gasteiger partial charge in [0.1, 0.15) is 0 Å². The Morgan fingerprint density at radius 1 is 1.14 bits per heavy atom. The van der Waals surface area contributed by atoms with E-state index in [2.05, 4.69) is 15.9 Å². The predicted octanol–water partition coefficient (Wildman–Crippen LogP) is 4.36. The fourth-order valence-corrected chi connectivity index (χ4v) is 3.82. The molecule has 2 aromatic carbocycles. The molecule has 148 valence electrons. The number of hydrogen-bond acceptors (Lipinski definition) is 5. The lowest BCUT2D eigenvalue weighted by Gasteiger charge is -2.18. The molecule has 2 aliphatic heterocycles. The van der Waals surface area contributed by atoms with Crippen molar-refractivity contribution >= 4 is 39.6 Å². The van der Waals surface area contributed by atoms with Gasteiger partial charge in [-0.05, 0) is 49.8 Å². The molecule has 0 N–H and O–H groups in total. The van der Waals surface area contributed by atoms with Crippen LogP contribution in [0.1, 0.15) is 18.1 Å². The van der Waals surface area contributed by atoms with Crippen molar-refractivity contribution in [3.63, 3.8) is 0 Å². The summed E-state index contributed by atoms with van der Waals surface area (Å²) in [6.07, 6.45) is 1.66. The van der Waals surface area contributed by atoms with Gasteiger partial charge in [-0.3, -0.25) is 9.69 Å². The number of hydrogen-bond donors (Lipinski definition) is 0. The zero-order valence-electron chi connectivity index (χ0n) is 16.1. The number of carbonyl (C=O) groups is 2. The summed E-state index contributed by atoms with van der Waals surface area (Å²) in [4.78, 5) is 27.4. The second-order valence-corrected chi connectivity index (χ2v) is 7.57. The summed E-state index contributed by atoms with van der Waals surface area (Å²) >= 11 is 3.50. The van der Waals surface area contributed by atoms with Crippen LogP contribution in [0, 0.1) is 6.92 Å². The van der Waals surface area contributed by atoms with Gasteiger partial charge in [0.25, 0.3) is 5.91 Å². The Hall–Kier alpha value is -3.06. The van der Waals surface area contributed by atoms with E-state index in [0.717, 1.165) is 10.0 Å². The van der Waals surface area contributed by atoms with Gasteiger partial charge in [-0.2, -0.15) is 0 Å². The van der Waals surface area contributed by atoms with Crippen molar-refractivity contribution in [3.05, 3.63) is 68.8 Å².